The molecule has 1 N–H and O–H groups in total. The van der Waals surface area contributed by atoms with Crippen LogP contribution < -0.4 is 5.32 Å². The van der Waals surface area contributed by atoms with Gasteiger partial charge in [-0.15, -0.1) is 16.8 Å². The zero-order chi connectivity index (χ0) is 25.5. The number of amides is 1. The van der Waals surface area contributed by atoms with Gasteiger partial charge in [0, 0.05) is 29.6 Å². The number of para-hydroxylation sites is 1. The van der Waals surface area contributed by atoms with E-state index >= 15 is 0 Å². The Morgan fingerprint density at radius 2 is 1.68 bits per heavy atom. The number of fused-ring (bicyclic) bond motifs is 1. The third-order valence-corrected chi connectivity index (χ3v) is 6.93. The molecule has 0 radical (unpaired) electrons. The summed E-state index contributed by atoms with van der Waals surface area (Å²) >= 11 is 1.38. The molecule has 1 amide bonds. The fourth-order valence-electron chi connectivity index (χ4n) is 4.18. The van der Waals surface area contributed by atoms with Gasteiger partial charge in [-0.05, 0) is 24.1 Å². The highest BCUT2D eigenvalue weighted by Gasteiger charge is 2.18. The molecule has 5 aromatic rings. The highest BCUT2D eigenvalue weighted by atomic mass is 32.2. The molecule has 0 unspecified atom stereocenters. The van der Waals surface area contributed by atoms with Gasteiger partial charge in [-0.2, -0.15) is 0 Å². The molecule has 2 aromatic heterocycles. The molecule has 0 bridgehead atoms. The number of aromatic nitrogens is 4. The average molecular weight is 506 g/mol. The normalized spacial score (nSPS) is 10.9. The standard InChI is InChI=1S/C30H27N5OS/c1-2-19-35-29(33-34-30(35)37-21-28(36)31-18-17-22-11-5-3-6-12-22)25-20-27(23-13-7-4-8-14-23)32-26-16-10-9-15-24(25)26/h2-16,20H,1,17-19,21H2,(H,31,36). The number of nitrogens with zero attached hydrogens (tertiary/aromatic N) is 4. The second-order valence-electron chi connectivity index (χ2n) is 8.52. The number of benzene rings is 3. The molecule has 6 nitrogen and oxygen atoms in total. The molecular weight excluding hydrogens is 478 g/mol. The lowest BCUT2D eigenvalue weighted by Gasteiger charge is -2.12. The second-order valence-corrected chi connectivity index (χ2v) is 9.46. The van der Waals surface area contributed by atoms with Crippen molar-refractivity contribution >= 4 is 28.6 Å². The van der Waals surface area contributed by atoms with E-state index in [4.69, 9.17) is 4.98 Å². The van der Waals surface area contributed by atoms with Crippen molar-refractivity contribution in [3.63, 3.8) is 0 Å². The number of allylic oxidation sites excluding steroid dienone is 1. The van der Waals surface area contributed by atoms with Crippen LogP contribution in [0.4, 0.5) is 0 Å². The molecule has 5 rings (SSSR count). The first-order valence-corrected chi connectivity index (χ1v) is 13.1. The first-order valence-electron chi connectivity index (χ1n) is 12.2. The van der Waals surface area contributed by atoms with Crippen molar-refractivity contribution < 1.29 is 4.79 Å². The van der Waals surface area contributed by atoms with E-state index in [2.05, 4.69) is 40.3 Å². The van der Waals surface area contributed by atoms with E-state index in [1.165, 1.54) is 17.3 Å². The summed E-state index contributed by atoms with van der Waals surface area (Å²) in [7, 11) is 0. The van der Waals surface area contributed by atoms with Crippen molar-refractivity contribution in [1.82, 2.24) is 25.1 Å². The van der Waals surface area contributed by atoms with E-state index in [1.807, 2.05) is 83.4 Å². The number of thioether (sulfide) groups is 1. The van der Waals surface area contributed by atoms with Crippen LogP contribution in [0.3, 0.4) is 0 Å². The number of rotatable bonds is 10. The van der Waals surface area contributed by atoms with Crippen LogP contribution in [0.5, 0.6) is 0 Å². The van der Waals surface area contributed by atoms with Crippen molar-refractivity contribution in [2.45, 2.75) is 18.1 Å². The topological polar surface area (TPSA) is 72.7 Å². The molecule has 0 aliphatic heterocycles. The molecule has 7 heteroatoms. The number of hydrogen-bond acceptors (Lipinski definition) is 5. The first kappa shape index (κ1) is 24.5. The van der Waals surface area contributed by atoms with Crippen LogP contribution in [0, 0.1) is 0 Å². The zero-order valence-electron chi connectivity index (χ0n) is 20.4. The maximum atomic E-state index is 12.5. The zero-order valence-corrected chi connectivity index (χ0v) is 21.2. The van der Waals surface area contributed by atoms with E-state index in [0.717, 1.165) is 40.0 Å². The maximum absolute atomic E-state index is 12.5. The van der Waals surface area contributed by atoms with Crippen molar-refractivity contribution in [1.29, 1.82) is 0 Å². The van der Waals surface area contributed by atoms with Crippen molar-refractivity contribution in [3.8, 4) is 22.6 Å². The smallest absolute Gasteiger partial charge is 0.230 e. The van der Waals surface area contributed by atoms with Gasteiger partial charge in [0.1, 0.15) is 0 Å². The largest absolute Gasteiger partial charge is 0.355 e. The monoisotopic (exact) mass is 505 g/mol. The number of nitrogens with one attached hydrogen (secondary N) is 1. The van der Waals surface area contributed by atoms with E-state index in [1.54, 1.807) is 0 Å². The van der Waals surface area contributed by atoms with Gasteiger partial charge < -0.3 is 5.32 Å². The molecule has 0 saturated carbocycles. The quantitative estimate of drug-likeness (QED) is 0.192. The summed E-state index contributed by atoms with van der Waals surface area (Å²) in [6.45, 7) is 5.05. The molecule has 0 fully saturated rings. The lowest BCUT2D eigenvalue weighted by Crippen LogP contribution is -2.27. The van der Waals surface area contributed by atoms with E-state index < -0.39 is 0 Å². The van der Waals surface area contributed by atoms with Gasteiger partial charge in [-0.3, -0.25) is 9.36 Å². The number of carbonyl (C=O) groups excluding carboxylic acids is 1. The summed E-state index contributed by atoms with van der Waals surface area (Å²) in [5.74, 6) is 0.954. The number of carbonyl (C=O) groups is 1. The van der Waals surface area contributed by atoms with Crippen LogP contribution in [0.1, 0.15) is 5.56 Å². The predicted molar refractivity (Wildman–Crippen MR) is 150 cm³/mol. The number of hydrogen-bond donors (Lipinski definition) is 1. The Hall–Kier alpha value is -4.23. The molecule has 184 valence electrons. The average Bonchev–Trinajstić information content (AvgIpc) is 3.34. The summed E-state index contributed by atoms with van der Waals surface area (Å²) < 4.78 is 2.01. The highest BCUT2D eigenvalue weighted by Crippen LogP contribution is 2.33. The minimum atomic E-state index is -0.0311. The summed E-state index contributed by atoms with van der Waals surface area (Å²) in [6, 6.07) is 30.3. The van der Waals surface area contributed by atoms with Gasteiger partial charge in [0.15, 0.2) is 11.0 Å². The van der Waals surface area contributed by atoms with Crippen molar-refractivity contribution in [3.05, 3.63) is 109 Å². The summed E-state index contributed by atoms with van der Waals surface area (Å²) in [5.41, 5.74) is 4.93. The Labute approximate surface area is 220 Å². The predicted octanol–water partition coefficient (Wildman–Crippen LogP) is 5.80. The van der Waals surface area contributed by atoms with Crippen molar-refractivity contribution in [2.24, 2.45) is 0 Å². The van der Waals surface area contributed by atoms with Gasteiger partial charge in [0.25, 0.3) is 0 Å². The third kappa shape index (κ3) is 5.78. The van der Waals surface area contributed by atoms with Crippen molar-refractivity contribution in [2.75, 3.05) is 12.3 Å². The van der Waals surface area contributed by atoms with E-state index in [9.17, 15) is 4.79 Å². The minimum Gasteiger partial charge on any atom is -0.355 e. The molecule has 0 aliphatic carbocycles. The fourth-order valence-corrected chi connectivity index (χ4v) is 4.96. The molecule has 3 aromatic carbocycles. The lowest BCUT2D eigenvalue weighted by molar-refractivity contribution is -0.118. The Bertz CT molecular complexity index is 1520. The van der Waals surface area contributed by atoms with Gasteiger partial charge in [0.05, 0.1) is 17.0 Å². The first-order chi connectivity index (χ1) is 18.2. The Morgan fingerprint density at radius 1 is 0.946 bits per heavy atom. The van der Waals surface area contributed by atoms with Crippen LogP contribution in [-0.2, 0) is 17.8 Å². The second kappa shape index (κ2) is 11.7. The van der Waals surface area contributed by atoms with Crippen LogP contribution in [0.25, 0.3) is 33.5 Å². The van der Waals surface area contributed by atoms with Gasteiger partial charge in [-0.25, -0.2) is 4.98 Å². The molecule has 37 heavy (non-hydrogen) atoms. The Balaban J connectivity index is 1.39. The summed E-state index contributed by atoms with van der Waals surface area (Å²) in [4.78, 5) is 17.4. The van der Waals surface area contributed by atoms with Gasteiger partial charge in [0.2, 0.25) is 5.91 Å². The van der Waals surface area contributed by atoms with Crippen LogP contribution in [-0.4, -0.2) is 38.0 Å². The van der Waals surface area contributed by atoms with Crippen LogP contribution >= 0.6 is 11.8 Å². The molecule has 0 aliphatic rings. The van der Waals surface area contributed by atoms with E-state index in [-0.39, 0.29) is 11.7 Å². The van der Waals surface area contributed by atoms with E-state index in [0.29, 0.717) is 18.2 Å². The summed E-state index contributed by atoms with van der Waals surface area (Å²) in [5, 5.41) is 13.7. The molecular formula is C30H27N5OS. The lowest BCUT2D eigenvalue weighted by atomic mass is 10.0. The van der Waals surface area contributed by atoms with Crippen LogP contribution in [0.2, 0.25) is 0 Å². The third-order valence-electron chi connectivity index (χ3n) is 5.97. The van der Waals surface area contributed by atoms with Gasteiger partial charge in [-0.1, -0.05) is 96.7 Å². The van der Waals surface area contributed by atoms with Gasteiger partial charge >= 0.3 is 0 Å². The maximum Gasteiger partial charge on any atom is 0.230 e. The minimum absolute atomic E-state index is 0.0311. The van der Waals surface area contributed by atoms with Crippen LogP contribution in [0.15, 0.2) is 109 Å². The molecule has 0 spiro atoms. The Kier molecular flexibility index (Phi) is 7.72. The molecule has 2 heterocycles. The highest BCUT2D eigenvalue weighted by molar-refractivity contribution is 7.99. The molecule has 0 atom stereocenters. The Morgan fingerprint density at radius 3 is 2.46 bits per heavy atom. The molecule has 0 saturated heterocycles. The summed E-state index contributed by atoms with van der Waals surface area (Å²) in [6.07, 6.45) is 2.62. The fraction of sp³-hybridized carbons (Fsp3) is 0.133. The SMILES string of the molecule is C=CCn1c(SCC(=O)NCCc2ccccc2)nnc1-c1cc(-c2ccccc2)nc2ccccc12. The number of pyridine rings is 1.